The molecule has 1 aromatic carbocycles. The van der Waals surface area contributed by atoms with Crippen LogP contribution in [0.25, 0.3) is 0 Å². The van der Waals surface area contributed by atoms with Crippen LogP contribution in [0.5, 0.6) is 0 Å². The van der Waals surface area contributed by atoms with Crippen molar-refractivity contribution in [3.63, 3.8) is 0 Å². The summed E-state index contributed by atoms with van der Waals surface area (Å²) in [5.41, 5.74) is 2.31. The summed E-state index contributed by atoms with van der Waals surface area (Å²) >= 11 is 0. The number of hydrogen-bond donors (Lipinski definition) is 3. The third kappa shape index (κ3) is 5.87. The molecule has 3 amide bonds. The molecule has 0 saturated carbocycles. The largest absolute Gasteiger partial charge is 0.354 e. The molecule has 158 valence electrons. The standard InChI is InChI=1S/C22H27N5O3/c1-23-22(30)19-14-17(13-18(26-19)12-16-6-3-2-4-7-16)21(29)25-8-5-10-27-11-9-24-15-20(27)28/h2-4,6-7,13-14,24H,5,8-12,15H2,1H3,(H,23,30)(H,25,29). The van der Waals surface area contributed by atoms with Crippen LogP contribution in [0.4, 0.5) is 0 Å². The summed E-state index contributed by atoms with van der Waals surface area (Å²) in [4.78, 5) is 42.8. The van der Waals surface area contributed by atoms with Crippen LogP contribution in [-0.4, -0.2) is 67.4 Å². The van der Waals surface area contributed by atoms with Crippen molar-refractivity contribution >= 4 is 17.7 Å². The summed E-state index contributed by atoms with van der Waals surface area (Å²) in [5, 5.41) is 8.47. The molecule has 30 heavy (non-hydrogen) atoms. The van der Waals surface area contributed by atoms with Crippen molar-refractivity contribution in [1.29, 1.82) is 0 Å². The first kappa shape index (κ1) is 21.4. The van der Waals surface area contributed by atoms with Gasteiger partial charge in [-0.1, -0.05) is 30.3 Å². The normalized spacial score (nSPS) is 13.8. The summed E-state index contributed by atoms with van der Waals surface area (Å²) < 4.78 is 0. The van der Waals surface area contributed by atoms with Crippen LogP contribution in [-0.2, 0) is 11.2 Å². The van der Waals surface area contributed by atoms with Gasteiger partial charge in [-0.05, 0) is 24.1 Å². The zero-order chi connectivity index (χ0) is 21.3. The van der Waals surface area contributed by atoms with E-state index in [1.54, 1.807) is 11.0 Å². The zero-order valence-corrected chi connectivity index (χ0v) is 17.1. The van der Waals surface area contributed by atoms with E-state index in [1.165, 1.54) is 13.1 Å². The van der Waals surface area contributed by atoms with Crippen molar-refractivity contribution in [3.05, 3.63) is 65.0 Å². The van der Waals surface area contributed by atoms with Crippen LogP contribution in [0, 0.1) is 0 Å². The van der Waals surface area contributed by atoms with Gasteiger partial charge >= 0.3 is 0 Å². The molecule has 8 nitrogen and oxygen atoms in total. The molecule has 0 atom stereocenters. The summed E-state index contributed by atoms with van der Waals surface area (Å²) in [6, 6.07) is 13.0. The highest BCUT2D eigenvalue weighted by molar-refractivity contribution is 5.98. The van der Waals surface area contributed by atoms with E-state index in [-0.39, 0.29) is 23.4 Å². The van der Waals surface area contributed by atoms with E-state index < -0.39 is 0 Å². The maximum atomic E-state index is 12.7. The molecule has 8 heteroatoms. The number of carbonyl (C=O) groups is 3. The van der Waals surface area contributed by atoms with Crippen molar-refractivity contribution in [2.45, 2.75) is 12.8 Å². The number of carbonyl (C=O) groups excluding carboxylic acids is 3. The van der Waals surface area contributed by atoms with E-state index in [0.29, 0.717) is 50.3 Å². The van der Waals surface area contributed by atoms with Crippen LogP contribution in [0.15, 0.2) is 42.5 Å². The molecule has 3 N–H and O–H groups in total. The molecule has 0 spiro atoms. The van der Waals surface area contributed by atoms with E-state index in [9.17, 15) is 14.4 Å². The number of pyridine rings is 1. The molecule has 1 aliphatic rings. The fraction of sp³-hybridized carbons (Fsp3) is 0.364. The molecule has 1 aromatic heterocycles. The Balaban J connectivity index is 1.63. The molecule has 3 rings (SSSR count). The minimum Gasteiger partial charge on any atom is -0.354 e. The average Bonchev–Trinajstić information content (AvgIpc) is 2.77. The van der Waals surface area contributed by atoms with Gasteiger partial charge in [0.1, 0.15) is 5.69 Å². The second-order valence-corrected chi connectivity index (χ2v) is 7.14. The number of nitrogens with one attached hydrogen (secondary N) is 3. The third-order valence-electron chi connectivity index (χ3n) is 4.91. The monoisotopic (exact) mass is 409 g/mol. The molecule has 0 aliphatic carbocycles. The number of piperazine rings is 1. The Morgan fingerprint density at radius 3 is 2.70 bits per heavy atom. The van der Waals surface area contributed by atoms with Crippen molar-refractivity contribution in [2.75, 3.05) is 39.8 Å². The molecule has 1 fully saturated rings. The lowest BCUT2D eigenvalue weighted by Crippen LogP contribution is -2.48. The number of amides is 3. The summed E-state index contributed by atoms with van der Waals surface area (Å²) in [6.45, 7) is 2.91. The van der Waals surface area contributed by atoms with E-state index in [2.05, 4.69) is 20.9 Å². The molecule has 0 unspecified atom stereocenters. The highest BCUT2D eigenvalue weighted by Crippen LogP contribution is 2.12. The molecular weight excluding hydrogens is 382 g/mol. The quantitative estimate of drug-likeness (QED) is 0.554. The van der Waals surface area contributed by atoms with E-state index in [1.807, 2.05) is 30.3 Å². The lowest BCUT2D eigenvalue weighted by Gasteiger charge is -2.27. The zero-order valence-electron chi connectivity index (χ0n) is 17.1. The minimum atomic E-state index is -0.337. The topological polar surface area (TPSA) is 103 Å². The number of rotatable bonds is 8. The van der Waals surface area contributed by atoms with Gasteiger partial charge in [-0.15, -0.1) is 0 Å². The Morgan fingerprint density at radius 1 is 1.17 bits per heavy atom. The minimum absolute atomic E-state index is 0.0856. The predicted octanol–water partition coefficient (Wildman–Crippen LogP) is 0.584. The van der Waals surface area contributed by atoms with Crippen molar-refractivity contribution in [2.24, 2.45) is 0 Å². The van der Waals surface area contributed by atoms with Crippen LogP contribution in [0.3, 0.4) is 0 Å². The third-order valence-corrected chi connectivity index (χ3v) is 4.91. The van der Waals surface area contributed by atoms with Gasteiger partial charge in [0.2, 0.25) is 5.91 Å². The molecule has 1 saturated heterocycles. The predicted molar refractivity (Wildman–Crippen MR) is 113 cm³/mol. The highest BCUT2D eigenvalue weighted by Gasteiger charge is 2.17. The van der Waals surface area contributed by atoms with Crippen molar-refractivity contribution < 1.29 is 14.4 Å². The van der Waals surface area contributed by atoms with Crippen LogP contribution in [0.2, 0.25) is 0 Å². The Bertz CT molecular complexity index is 901. The van der Waals surface area contributed by atoms with Crippen LogP contribution >= 0.6 is 0 Å². The molecule has 0 bridgehead atoms. The van der Waals surface area contributed by atoms with Gasteiger partial charge in [0.05, 0.1) is 6.54 Å². The van der Waals surface area contributed by atoms with Gasteiger partial charge in [-0.2, -0.15) is 0 Å². The van der Waals surface area contributed by atoms with Crippen molar-refractivity contribution in [1.82, 2.24) is 25.8 Å². The Labute approximate surface area is 176 Å². The van der Waals surface area contributed by atoms with Gasteiger partial charge < -0.3 is 20.9 Å². The van der Waals surface area contributed by atoms with Gasteiger partial charge in [0.25, 0.3) is 11.8 Å². The molecule has 0 radical (unpaired) electrons. The van der Waals surface area contributed by atoms with Gasteiger partial charge in [0, 0.05) is 50.9 Å². The maximum Gasteiger partial charge on any atom is 0.269 e. The number of hydrogen-bond acceptors (Lipinski definition) is 5. The Kier molecular flexibility index (Phi) is 7.51. The van der Waals surface area contributed by atoms with Crippen molar-refractivity contribution in [3.8, 4) is 0 Å². The SMILES string of the molecule is CNC(=O)c1cc(C(=O)NCCCN2CCNCC2=O)cc(Cc2ccccc2)n1. The lowest BCUT2D eigenvalue weighted by atomic mass is 10.1. The summed E-state index contributed by atoms with van der Waals surface area (Å²) in [6.07, 6.45) is 1.19. The fourth-order valence-electron chi connectivity index (χ4n) is 3.32. The second kappa shape index (κ2) is 10.5. The van der Waals surface area contributed by atoms with E-state index in [0.717, 1.165) is 12.1 Å². The van der Waals surface area contributed by atoms with Gasteiger partial charge in [0.15, 0.2) is 0 Å². The Hall–Kier alpha value is -3.26. The maximum absolute atomic E-state index is 12.7. The van der Waals surface area contributed by atoms with Crippen LogP contribution in [0.1, 0.15) is 38.5 Å². The lowest BCUT2D eigenvalue weighted by molar-refractivity contribution is -0.131. The number of aromatic nitrogens is 1. The van der Waals surface area contributed by atoms with Crippen LogP contribution < -0.4 is 16.0 Å². The number of benzene rings is 1. The highest BCUT2D eigenvalue weighted by atomic mass is 16.2. The second-order valence-electron chi connectivity index (χ2n) is 7.14. The van der Waals surface area contributed by atoms with E-state index in [4.69, 9.17) is 0 Å². The first-order chi connectivity index (χ1) is 14.6. The first-order valence-electron chi connectivity index (χ1n) is 10.1. The van der Waals surface area contributed by atoms with E-state index >= 15 is 0 Å². The molecule has 2 heterocycles. The van der Waals surface area contributed by atoms with Gasteiger partial charge in [-0.3, -0.25) is 14.4 Å². The molecule has 2 aromatic rings. The summed E-state index contributed by atoms with van der Waals surface area (Å²) in [7, 11) is 1.53. The average molecular weight is 409 g/mol. The fourth-order valence-corrected chi connectivity index (χ4v) is 3.32. The van der Waals surface area contributed by atoms with Gasteiger partial charge in [-0.25, -0.2) is 4.98 Å². The number of nitrogens with zero attached hydrogens (tertiary/aromatic N) is 2. The molecular formula is C22H27N5O3. The first-order valence-corrected chi connectivity index (χ1v) is 10.1. The molecule has 1 aliphatic heterocycles. The summed E-state index contributed by atoms with van der Waals surface area (Å²) in [5.74, 6) is -0.512. The Morgan fingerprint density at radius 2 is 1.97 bits per heavy atom. The smallest absolute Gasteiger partial charge is 0.269 e.